The van der Waals surface area contributed by atoms with Gasteiger partial charge in [0.25, 0.3) is 0 Å². The molecule has 0 bridgehead atoms. The molecule has 0 spiro atoms. The molecule has 2 heterocycles. The highest BCUT2D eigenvalue weighted by Gasteiger charge is 2.21. The van der Waals surface area contributed by atoms with Crippen molar-refractivity contribution in [2.75, 3.05) is 6.61 Å². The maximum atomic E-state index is 5.42. The minimum atomic E-state index is -0.0171. The van der Waals surface area contributed by atoms with Gasteiger partial charge in [0, 0.05) is 5.38 Å². The summed E-state index contributed by atoms with van der Waals surface area (Å²) in [7, 11) is 0. The number of ether oxygens (including phenoxy) is 2. The molecule has 1 unspecified atom stereocenters. The topological polar surface area (TPSA) is 18.5 Å². The van der Waals surface area contributed by atoms with Crippen LogP contribution in [0.25, 0.3) is 0 Å². The third-order valence-electron chi connectivity index (χ3n) is 1.29. The fraction of sp³-hybridized carbons (Fsp3) is 0.333. The molecule has 0 fully saturated rings. The zero-order valence-corrected chi connectivity index (χ0v) is 9.33. The first-order chi connectivity index (χ1) is 5.27. The number of thiophene rings is 1. The Bertz CT molecular complexity index is 274. The second-order valence-electron chi connectivity index (χ2n) is 2.04. The Hall–Kier alpha value is 0.260. The van der Waals surface area contributed by atoms with E-state index in [4.69, 9.17) is 9.47 Å². The maximum absolute atomic E-state index is 5.42. The molecule has 0 saturated heterocycles. The van der Waals surface area contributed by atoms with Crippen LogP contribution in [-0.2, 0) is 0 Å². The number of fused-ring (bicyclic) bond motifs is 1. The number of halogens is 2. The first kappa shape index (κ1) is 7.89. The molecule has 0 aliphatic carbocycles. The lowest BCUT2D eigenvalue weighted by Crippen LogP contribution is -2.22. The molecule has 1 aliphatic heterocycles. The van der Waals surface area contributed by atoms with Gasteiger partial charge in [0.05, 0.1) is 0 Å². The molecule has 0 aromatic carbocycles. The molecule has 60 valence electrons. The molecule has 1 atom stereocenters. The molecule has 1 aromatic heterocycles. The molecular weight excluding hydrogens is 296 g/mol. The lowest BCUT2D eigenvalue weighted by Gasteiger charge is -2.19. The fourth-order valence-electron chi connectivity index (χ4n) is 0.839. The normalized spacial score (nSPS) is 21.8. The van der Waals surface area contributed by atoms with Crippen LogP contribution < -0.4 is 9.47 Å². The molecule has 2 nitrogen and oxygen atoms in total. The molecular formula is C6H4Br2O2S. The molecule has 2 rings (SSSR count). The zero-order valence-electron chi connectivity index (χ0n) is 5.34. The van der Waals surface area contributed by atoms with Gasteiger partial charge in [-0.1, -0.05) is 0 Å². The van der Waals surface area contributed by atoms with E-state index in [9.17, 15) is 0 Å². The molecule has 0 saturated carbocycles. The van der Waals surface area contributed by atoms with Crippen LogP contribution in [0.5, 0.6) is 11.5 Å². The van der Waals surface area contributed by atoms with Crippen molar-refractivity contribution >= 4 is 43.2 Å². The van der Waals surface area contributed by atoms with Gasteiger partial charge in [-0.2, -0.15) is 0 Å². The molecule has 1 aliphatic rings. The van der Waals surface area contributed by atoms with E-state index in [1.165, 1.54) is 0 Å². The van der Waals surface area contributed by atoms with Crippen LogP contribution in [0.4, 0.5) is 0 Å². The second-order valence-corrected chi connectivity index (χ2v) is 5.26. The van der Waals surface area contributed by atoms with Gasteiger partial charge < -0.3 is 9.47 Å². The Morgan fingerprint density at radius 2 is 2.45 bits per heavy atom. The lowest BCUT2D eigenvalue weighted by atomic mass is 10.5. The number of rotatable bonds is 0. The molecule has 0 amide bonds. The summed E-state index contributed by atoms with van der Waals surface area (Å²) >= 11 is 8.25. The van der Waals surface area contributed by atoms with E-state index in [0.29, 0.717) is 6.61 Å². The van der Waals surface area contributed by atoms with Crippen molar-refractivity contribution in [1.29, 1.82) is 0 Å². The summed E-state index contributed by atoms with van der Waals surface area (Å²) in [5.41, 5.74) is 0. The third kappa shape index (κ3) is 1.41. The van der Waals surface area contributed by atoms with E-state index < -0.39 is 0 Å². The van der Waals surface area contributed by atoms with E-state index in [1.807, 2.05) is 5.38 Å². The van der Waals surface area contributed by atoms with Crippen LogP contribution in [0.1, 0.15) is 0 Å². The van der Waals surface area contributed by atoms with Gasteiger partial charge in [0.2, 0.25) is 0 Å². The van der Waals surface area contributed by atoms with Gasteiger partial charge in [-0.3, -0.25) is 0 Å². The SMILES string of the molecule is Brc1scc2c1OCC(Br)O2. The number of alkyl halides is 1. The van der Waals surface area contributed by atoms with Crippen molar-refractivity contribution in [2.24, 2.45) is 0 Å². The van der Waals surface area contributed by atoms with Gasteiger partial charge in [0.15, 0.2) is 16.5 Å². The fourth-order valence-corrected chi connectivity index (χ4v) is 2.40. The van der Waals surface area contributed by atoms with Gasteiger partial charge in [-0.05, 0) is 31.9 Å². The van der Waals surface area contributed by atoms with E-state index in [0.717, 1.165) is 15.3 Å². The van der Waals surface area contributed by atoms with Gasteiger partial charge in [-0.15, -0.1) is 11.3 Å². The Balaban J connectivity index is 2.36. The minimum absolute atomic E-state index is 0.0171. The van der Waals surface area contributed by atoms with Crippen molar-refractivity contribution in [2.45, 2.75) is 5.01 Å². The summed E-state index contributed by atoms with van der Waals surface area (Å²) in [5, 5.41) is 1.91. The maximum Gasteiger partial charge on any atom is 0.187 e. The summed E-state index contributed by atoms with van der Waals surface area (Å²) in [5.74, 6) is 1.64. The monoisotopic (exact) mass is 298 g/mol. The largest absolute Gasteiger partial charge is 0.483 e. The highest BCUT2D eigenvalue weighted by molar-refractivity contribution is 9.11. The molecule has 1 aromatic rings. The van der Waals surface area contributed by atoms with E-state index in [2.05, 4.69) is 31.9 Å². The zero-order chi connectivity index (χ0) is 7.84. The molecule has 11 heavy (non-hydrogen) atoms. The van der Waals surface area contributed by atoms with Gasteiger partial charge in [-0.25, -0.2) is 0 Å². The number of hydrogen-bond acceptors (Lipinski definition) is 3. The Labute approximate surface area is 84.8 Å². The van der Waals surface area contributed by atoms with Crippen molar-refractivity contribution in [3.8, 4) is 11.5 Å². The molecule has 0 radical (unpaired) electrons. The predicted octanol–water partition coefficient (Wildman–Crippen LogP) is 3.00. The average molecular weight is 300 g/mol. The van der Waals surface area contributed by atoms with Crippen LogP contribution in [0.3, 0.4) is 0 Å². The van der Waals surface area contributed by atoms with Crippen molar-refractivity contribution in [3.63, 3.8) is 0 Å². The smallest absolute Gasteiger partial charge is 0.187 e. The van der Waals surface area contributed by atoms with E-state index in [-0.39, 0.29) is 5.01 Å². The minimum Gasteiger partial charge on any atom is -0.483 e. The predicted molar refractivity (Wildman–Crippen MR) is 50.9 cm³/mol. The van der Waals surface area contributed by atoms with Crippen LogP contribution in [0.2, 0.25) is 0 Å². The van der Waals surface area contributed by atoms with E-state index in [1.54, 1.807) is 11.3 Å². The van der Waals surface area contributed by atoms with Crippen LogP contribution in [0.15, 0.2) is 9.17 Å². The van der Waals surface area contributed by atoms with Crippen molar-refractivity contribution in [3.05, 3.63) is 9.17 Å². The summed E-state index contributed by atoms with van der Waals surface area (Å²) in [4.78, 5) is 0. The van der Waals surface area contributed by atoms with Crippen LogP contribution in [-0.4, -0.2) is 11.6 Å². The van der Waals surface area contributed by atoms with E-state index >= 15 is 0 Å². The Morgan fingerprint density at radius 1 is 1.64 bits per heavy atom. The second kappa shape index (κ2) is 2.95. The summed E-state index contributed by atoms with van der Waals surface area (Å²) in [6, 6.07) is 0. The quantitative estimate of drug-likeness (QED) is 0.686. The number of hydrogen-bond donors (Lipinski definition) is 0. The van der Waals surface area contributed by atoms with Crippen LogP contribution >= 0.6 is 43.2 Å². The average Bonchev–Trinajstić information content (AvgIpc) is 2.32. The Morgan fingerprint density at radius 3 is 3.27 bits per heavy atom. The highest BCUT2D eigenvalue weighted by Crippen LogP contribution is 2.44. The molecule has 0 N–H and O–H groups in total. The Kier molecular flexibility index (Phi) is 2.12. The molecule has 5 heteroatoms. The standard InChI is InChI=1S/C6H4Br2O2S/c7-4-1-9-5-3(10-4)2-11-6(5)8/h2,4H,1H2. The van der Waals surface area contributed by atoms with Crippen molar-refractivity contribution in [1.82, 2.24) is 0 Å². The first-order valence-corrected chi connectivity index (χ1v) is 5.56. The van der Waals surface area contributed by atoms with Crippen LogP contribution in [0, 0.1) is 0 Å². The first-order valence-electron chi connectivity index (χ1n) is 2.98. The van der Waals surface area contributed by atoms with Gasteiger partial charge >= 0.3 is 0 Å². The summed E-state index contributed by atoms with van der Waals surface area (Å²) in [6.45, 7) is 0.558. The summed E-state index contributed by atoms with van der Waals surface area (Å²) < 4.78 is 11.8. The highest BCUT2D eigenvalue weighted by atomic mass is 79.9. The third-order valence-corrected chi connectivity index (χ3v) is 3.38. The lowest BCUT2D eigenvalue weighted by molar-refractivity contribution is 0.154. The van der Waals surface area contributed by atoms with Gasteiger partial charge in [0.1, 0.15) is 10.4 Å². The summed E-state index contributed by atoms with van der Waals surface area (Å²) in [6.07, 6.45) is 0. The van der Waals surface area contributed by atoms with Crippen molar-refractivity contribution < 1.29 is 9.47 Å².